The van der Waals surface area contributed by atoms with Crippen molar-refractivity contribution in [3.05, 3.63) is 89.1 Å². The number of hydrogen-bond donors (Lipinski definition) is 2. The highest BCUT2D eigenvalue weighted by atomic mass is 16.4. The molecule has 1 aliphatic heterocycles. The number of para-hydroxylation sites is 1. The molecule has 1 fully saturated rings. The lowest BCUT2D eigenvalue weighted by molar-refractivity contribution is 0.0596. The summed E-state index contributed by atoms with van der Waals surface area (Å²) in [5.74, 6) is -1.35. The average molecular weight is 498 g/mol. The summed E-state index contributed by atoms with van der Waals surface area (Å²) in [6.45, 7) is 2.80. The molecule has 6 rings (SSSR count). The molecule has 2 N–H and O–H groups in total. The van der Waals surface area contributed by atoms with Gasteiger partial charge in [-0.25, -0.2) is 9.78 Å². The van der Waals surface area contributed by atoms with E-state index in [1.807, 2.05) is 47.9 Å². The predicted octanol–water partition coefficient (Wildman–Crippen LogP) is 3.87. The first-order valence-corrected chi connectivity index (χ1v) is 12.3. The van der Waals surface area contributed by atoms with E-state index in [1.165, 1.54) is 0 Å². The van der Waals surface area contributed by atoms with Gasteiger partial charge in [0.1, 0.15) is 5.69 Å². The molecule has 1 saturated carbocycles. The number of fused-ring (bicyclic) bond motifs is 2. The third kappa shape index (κ3) is 3.69. The zero-order chi connectivity index (χ0) is 25.9. The number of imidazole rings is 1. The van der Waals surface area contributed by atoms with Crippen LogP contribution in [0.2, 0.25) is 0 Å². The SMILES string of the molecule is CC1Cn2cnc(C(=O)N(C)C3(c4cccc(C(=O)O)c4)CC3)c2CN1C(=O)c1cc2ccccc2[nH]1. The van der Waals surface area contributed by atoms with Crippen LogP contribution in [0.3, 0.4) is 0 Å². The number of carboxylic acid groups (broad SMARTS) is 1. The van der Waals surface area contributed by atoms with Crippen LogP contribution in [0, 0.1) is 0 Å². The predicted molar refractivity (Wildman–Crippen MR) is 136 cm³/mol. The fourth-order valence-corrected chi connectivity index (χ4v) is 5.46. The van der Waals surface area contributed by atoms with Crippen molar-refractivity contribution >= 4 is 28.7 Å². The Morgan fingerprint density at radius 1 is 1.11 bits per heavy atom. The van der Waals surface area contributed by atoms with E-state index in [0.29, 0.717) is 23.6 Å². The maximum Gasteiger partial charge on any atom is 0.335 e. The van der Waals surface area contributed by atoms with Gasteiger partial charge in [-0.05, 0) is 49.6 Å². The van der Waals surface area contributed by atoms with Crippen molar-refractivity contribution in [3.8, 4) is 0 Å². The van der Waals surface area contributed by atoms with Gasteiger partial charge in [-0.1, -0.05) is 30.3 Å². The summed E-state index contributed by atoms with van der Waals surface area (Å²) in [6, 6.07) is 16.3. The highest BCUT2D eigenvalue weighted by Crippen LogP contribution is 2.51. The van der Waals surface area contributed by atoms with Crippen LogP contribution in [0.15, 0.2) is 60.9 Å². The molecule has 1 atom stereocenters. The molecule has 9 nitrogen and oxygen atoms in total. The van der Waals surface area contributed by atoms with E-state index >= 15 is 0 Å². The molecule has 188 valence electrons. The lowest BCUT2D eigenvalue weighted by Crippen LogP contribution is -2.45. The van der Waals surface area contributed by atoms with Gasteiger partial charge < -0.3 is 24.5 Å². The number of carboxylic acids is 1. The first kappa shape index (κ1) is 23.0. The standard InChI is InChI=1S/C28H27N5O4/c1-17-14-32-16-29-24(23(32)15-33(17)25(34)22-13-18-6-3-4-9-21(18)30-22)26(35)31(2)28(10-11-28)20-8-5-7-19(12-20)27(36)37/h3-9,12-13,16-17,30H,10-11,14-15H2,1-2H3,(H,36,37). The lowest BCUT2D eigenvalue weighted by atomic mass is 10.00. The number of aromatic nitrogens is 3. The topological polar surface area (TPSA) is 112 Å². The lowest BCUT2D eigenvalue weighted by Gasteiger charge is -2.35. The van der Waals surface area contributed by atoms with Crippen LogP contribution in [0.4, 0.5) is 0 Å². The van der Waals surface area contributed by atoms with E-state index in [9.17, 15) is 19.5 Å². The maximum absolute atomic E-state index is 13.7. The van der Waals surface area contributed by atoms with E-state index in [-0.39, 0.29) is 30.0 Å². The van der Waals surface area contributed by atoms with Crippen LogP contribution in [0.1, 0.15) is 62.4 Å². The quantitative estimate of drug-likeness (QED) is 0.435. The minimum Gasteiger partial charge on any atom is -0.478 e. The number of nitrogens with one attached hydrogen (secondary N) is 1. The fourth-order valence-electron chi connectivity index (χ4n) is 5.46. The molecular formula is C28H27N5O4. The summed E-state index contributed by atoms with van der Waals surface area (Å²) in [4.78, 5) is 49.8. The number of carbonyl (C=O) groups is 3. The number of rotatable bonds is 5. The maximum atomic E-state index is 13.7. The molecule has 0 spiro atoms. The Balaban J connectivity index is 1.28. The van der Waals surface area contributed by atoms with Crippen LogP contribution >= 0.6 is 0 Å². The fraction of sp³-hybridized carbons (Fsp3) is 0.286. The smallest absolute Gasteiger partial charge is 0.335 e. The number of benzene rings is 2. The number of nitrogens with zero attached hydrogens (tertiary/aromatic N) is 4. The Hall–Kier alpha value is -4.40. The number of hydrogen-bond acceptors (Lipinski definition) is 4. The van der Waals surface area contributed by atoms with Crippen molar-refractivity contribution in [2.75, 3.05) is 7.05 Å². The zero-order valence-electron chi connectivity index (χ0n) is 20.6. The summed E-state index contributed by atoms with van der Waals surface area (Å²) in [5, 5.41) is 10.4. The normalized spacial score (nSPS) is 17.9. The van der Waals surface area contributed by atoms with Gasteiger partial charge in [0.15, 0.2) is 5.69 Å². The van der Waals surface area contributed by atoms with E-state index in [4.69, 9.17) is 0 Å². The molecule has 9 heteroatoms. The molecule has 4 aromatic rings. The van der Waals surface area contributed by atoms with Crippen LogP contribution in [-0.4, -0.2) is 60.3 Å². The molecule has 1 unspecified atom stereocenters. The molecule has 2 amide bonds. The minimum atomic E-state index is -0.997. The number of aromatic carboxylic acids is 1. The average Bonchev–Trinajstić information content (AvgIpc) is 3.44. The Labute approximate surface area is 213 Å². The minimum absolute atomic E-state index is 0.0742. The van der Waals surface area contributed by atoms with Crippen molar-refractivity contribution in [2.45, 2.75) is 44.4 Å². The van der Waals surface area contributed by atoms with Crippen molar-refractivity contribution in [1.29, 1.82) is 0 Å². The van der Waals surface area contributed by atoms with Crippen LogP contribution in [-0.2, 0) is 18.6 Å². The summed E-state index contributed by atoms with van der Waals surface area (Å²) in [6.07, 6.45) is 3.16. The second-order valence-electron chi connectivity index (χ2n) is 10.0. The Morgan fingerprint density at radius 2 is 1.89 bits per heavy atom. The van der Waals surface area contributed by atoms with Crippen LogP contribution < -0.4 is 0 Å². The molecule has 2 aliphatic rings. The van der Waals surface area contributed by atoms with Gasteiger partial charge in [0.2, 0.25) is 0 Å². The van der Waals surface area contributed by atoms with Crippen LogP contribution in [0.5, 0.6) is 0 Å². The summed E-state index contributed by atoms with van der Waals surface area (Å²) >= 11 is 0. The van der Waals surface area contributed by atoms with E-state index < -0.39 is 11.5 Å². The zero-order valence-corrected chi connectivity index (χ0v) is 20.6. The Bertz CT molecular complexity index is 1530. The van der Waals surface area contributed by atoms with E-state index in [2.05, 4.69) is 9.97 Å². The summed E-state index contributed by atoms with van der Waals surface area (Å²) < 4.78 is 1.95. The Morgan fingerprint density at radius 3 is 2.62 bits per heavy atom. The van der Waals surface area contributed by atoms with Crippen molar-refractivity contribution in [1.82, 2.24) is 24.3 Å². The number of H-pyrrole nitrogens is 1. The monoisotopic (exact) mass is 497 g/mol. The van der Waals surface area contributed by atoms with E-state index in [1.54, 1.807) is 41.4 Å². The first-order chi connectivity index (χ1) is 17.8. The number of carbonyl (C=O) groups excluding carboxylic acids is 2. The van der Waals surface area contributed by atoms with Crippen molar-refractivity contribution in [2.24, 2.45) is 0 Å². The summed E-state index contributed by atoms with van der Waals surface area (Å²) in [7, 11) is 1.74. The molecule has 0 saturated heterocycles. The van der Waals surface area contributed by atoms with Gasteiger partial charge >= 0.3 is 5.97 Å². The van der Waals surface area contributed by atoms with E-state index in [0.717, 1.165) is 29.3 Å². The van der Waals surface area contributed by atoms with Gasteiger partial charge in [0, 0.05) is 30.5 Å². The van der Waals surface area contributed by atoms with Gasteiger partial charge in [-0.2, -0.15) is 0 Å². The third-order valence-corrected chi connectivity index (χ3v) is 7.80. The van der Waals surface area contributed by atoms with Crippen molar-refractivity contribution < 1.29 is 19.5 Å². The van der Waals surface area contributed by atoms with Crippen LogP contribution in [0.25, 0.3) is 10.9 Å². The summed E-state index contributed by atoms with van der Waals surface area (Å²) in [5.41, 5.74) is 2.89. The van der Waals surface area contributed by atoms with Gasteiger partial charge in [0.05, 0.1) is 29.7 Å². The highest BCUT2D eigenvalue weighted by molar-refractivity contribution is 5.99. The Kier molecular flexibility index (Phi) is 5.18. The van der Waals surface area contributed by atoms with Gasteiger partial charge in [-0.3, -0.25) is 9.59 Å². The highest BCUT2D eigenvalue weighted by Gasteiger charge is 2.51. The molecule has 2 aromatic carbocycles. The molecule has 1 aliphatic carbocycles. The first-order valence-electron chi connectivity index (χ1n) is 12.3. The van der Waals surface area contributed by atoms with Gasteiger partial charge in [-0.15, -0.1) is 0 Å². The molecule has 0 bridgehead atoms. The number of amides is 2. The van der Waals surface area contributed by atoms with Gasteiger partial charge in [0.25, 0.3) is 11.8 Å². The third-order valence-electron chi connectivity index (χ3n) is 7.80. The largest absolute Gasteiger partial charge is 0.478 e. The molecule has 37 heavy (non-hydrogen) atoms. The molecule has 0 radical (unpaired) electrons. The number of aromatic amines is 1. The second-order valence-corrected chi connectivity index (χ2v) is 10.0. The molecular weight excluding hydrogens is 470 g/mol. The molecule has 2 aromatic heterocycles. The molecule has 3 heterocycles. The van der Waals surface area contributed by atoms with Crippen molar-refractivity contribution in [3.63, 3.8) is 0 Å². The second kappa shape index (κ2) is 8.33.